The molecule has 0 bridgehead atoms. The molecule has 1 aliphatic rings. The molecule has 0 atom stereocenters. The molecule has 1 N–H and O–H groups in total. The third-order valence-electron chi connectivity index (χ3n) is 2.56. The van der Waals surface area contributed by atoms with Gasteiger partial charge in [-0.25, -0.2) is 0 Å². The first-order chi connectivity index (χ1) is 7.86. The van der Waals surface area contributed by atoms with Crippen LogP contribution in [0.15, 0.2) is 9.27 Å². The van der Waals surface area contributed by atoms with E-state index in [1.54, 1.807) is 0 Å². The van der Waals surface area contributed by atoms with Crippen molar-refractivity contribution >= 4 is 15.9 Å². The van der Waals surface area contributed by atoms with Gasteiger partial charge in [-0.3, -0.25) is 4.79 Å². The number of nitriles is 1. The Morgan fingerprint density at radius 3 is 2.41 bits per heavy atom. The van der Waals surface area contributed by atoms with Crippen LogP contribution in [0.25, 0.3) is 0 Å². The molecule has 0 aromatic carbocycles. The van der Waals surface area contributed by atoms with Crippen molar-refractivity contribution in [3.05, 3.63) is 31.6 Å². The van der Waals surface area contributed by atoms with E-state index >= 15 is 0 Å². The van der Waals surface area contributed by atoms with Crippen LogP contribution in [0.2, 0.25) is 0 Å². The van der Waals surface area contributed by atoms with E-state index in [1.807, 2.05) is 0 Å². The van der Waals surface area contributed by atoms with Gasteiger partial charge in [0, 0.05) is 11.6 Å². The molecule has 7 heteroatoms. The lowest BCUT2D eigenvalue weighted by molar-refractivity contribution is -0.138. The number of hydrogen-bond acceptors (Lipinski definition) is 2. The molecule has 2 rings (SSSR count). The number of halogens is 4. The second kappa shape index (κ2) is 3.88. The number of alkyl halides is 3. The lowest BCUT2D eigenvalue weighted by atomic mass is 10.1. The standard InChI is InChI=1S/C10H6BrF3N2O/c11-7-6(10(12,13)14)5(3-15)9(17)16-8(7)4-1-2-4/h4H,1-2H2,(H,16,17). The van der Waals surface area contributed by atoms with Gasteiger partial charge in [-0.15, -0.1) is 0 Å². The maximum Gasteiger partial charge on any atom is 0.419 e. The number of rotatable bonds is 1. The molecule has 90 valence electrons. The van der Waals surface area contributed by atoms with E-state index in [0.717, 1.165) is 12.8 Å². The highest BCUT2D eigenvalue weighted by molar-refractivity contribution is 9.10. The first-order valence-electron chi connectivity index (χ1n) is 4.79. The smallest absolute Gasteiger partial charge is 0.324 e. The maximum absolute atomic E-state index is 12.8. The van der Waals surface area contributed by atoms with Crippen molar-refractivity contribution in [2.24, 2.45) is 0 Å². The summed E-state index contributed by atoms with van der Waals surface area (Å²) >= 11 is 2.84. The van der Waals surface area contributed by atoms with Crippen molar-refractivity contribution in [3.63, 3.8) is 0 Å². The molecule has 1 aromatic rings. The molecule has 1 fully saturated rings. The van der Waals surface area contributed by atoms with Crippen LogP contribution in [-0.4, -0.2) is 4.98 Å². The average molecular weight is 307 g/mol. The fourth-order valence-corrected chi connectivity index (χ4v) is 2.47. The first-order valence-corrected chi connectivity index (χ1v) is 5.58. The van der Waals surface area contributed by atoms with Crippen LogP contribution in [0.3, 0.4) is 0 Å². The minimum atomic E-state index is -4.72. The molecular weight excluding hydrogens is 301 g/mol. The zero-order valence-electron chi connectivity index (χ0n) is 8.36. The molecule has 0 spiro atoms. The number of hydrogen-bond donors (Lipinski definition) is 1. The average Bonchev–Trinajstić information content (AvgIpc) is 3.01. The van der Waals surface area contributed by atoms with E-state index in [9.17, 15) is 18.0 Å². The fraction of sp³-hybridized carbons (Fsp3) is 0.400. The largest absolute Gasteiger partial charge is 0.419 e. The molecule has 0 saturated heterocycles. The second-order valence-electron chi connectivity index (χ2n) is 3.82. The van der Waals surface area contributed by atoms with Gasteiger partial charge in [-0.2, -0.15) is 18.4 Å². The van der Waals surface area contributed by atoms with Crippen LogP contribution in [0.5, 0.6) is 0 Å². The summed E-state index contributed by atoms with van der Waals surface area (Å²) in [5, 5.41) is 8.64. The van der Waals surface area contributed by atoms with Crippen LogP contribution in [-0.2, 0) is 6.18 Å². The summed E-state index contributed by atoms with van der Waals surface area (Å²) in [6.45, 7) is 0. The summed E-state index contributed by atoms with van der Waals surface area (Å²) in [6.07, 6.45) is -3.22. The summed E-state index contributed by atoms with van der Waals surface area (Å²) < 4.78 is 38.2. The van der Waals surface area contributed by atoms with Crippen molar-refractivity contribution in [2.75, 3.05) is 0 Å². The van der Waals surface area contributed by atoms with Crippen molar-refractivity contribution < 1.29 is 13.2 Å². The molecule has 17 heavy (non-hydrogen) atoms. The number of H-pyrrole nitrogens is 1. The second-order valence-corrected chi connectivity index (χ2v) is 4.61. The van der Waals surface area contributed by atoms with E-state index in [2.05, 4.69) is 20.9 Å². The summed E-state index contributed by atoms with van der Waals surface area (Å²) in [6, 6.07) is 1.30. The van der Waals surface area contributed by atoms with Crippen molar-refractivity contribution in [1.29, 1.82) is 5.26 Å². The van der Waals surface area contributed by atoms with E-state index < -0.39 is 22.9 Å². The lowest BCUT2D eigenvalue weighted by Gasteiger charge is -2.13. The van der Waals surface area contributed by atoms with Crippen molar-refractivity contribution in [2.45, 2.75) is 24.9 Å². The molecule has 1 aliphatic carbocycles. The Morgan fingerprint density at radius 2 is 2.00 bits per heavy atom. The van der Waals surface area contributed by atoms with Crippen LogP contribution < -0.4 is 5.56 Å². The quantitative estimate of drug-likeness (QED) is 0.867. The molecule has 0 radical (unpaired) electrons. The Balaban J connectivity index is 2.77. The minimum absolute atomic E-state index is 0.0501. The van der Waals surface area contributed by atoms with Gasteiger partial charge in [0.05, 0.1) is 10.0 Å². The summed E-state index contributed by atoms with van der Waals surface area (Å²) in [7, 11) is 0. The highest BCUT2D eigenvalue weighted by atomic mass is 79.9. The van der Waals surface area contributed by atoms with E-state index in [-0.39, 0.29) is 16.1 Å². The van der Waals surface area contributed by atoms with Gasteiger partial charge in [-0.05, 0) is 28.8 Å². The Kier molecular flexibility index (Phi) is 2.78. The molecule has 0 aliphatic heterocycles. The van der Waals surface area contributed by atoms with Gasteiger partial charge in [0.15, 0.2) is 0 Å². The topological polar surface area (TPSA) is 56.6 Å². The summed E-state index contributed by atoms with van der Waals surface area (Å²) in [5.74, 6) is -0.0501. The Bertz CT molecular complexity index is 567. The molecule has 0 unspecified atom stereocenters. The number of aromatic nitrogens is 1. The van der Waals surface area contributed by atoms with Gasteiger partial charge >= 0.3 is 6.18 Å². The summed E-state index contributed by atoms with van der Waals surface area (Å²) in [5.41, 5.74) is -2.81. The predicted molar refractivity (Wildman–Crippen MR) is 56.5 cm³/mol. The molecule has 0 amide bonds. The normalized spacial score (nSPS) is 15.7. The fourth-order valence-electron chi connectivity index (χ4n) is 1.62. The van der Waals surface area contributed by atoms with Gasteiger partial charge < -0.3 is 4.98 Å². The molecule has 3 nitrogen and oxygen atoms in total. The lowest BCUT2D eigenvalue weighted by Crippen LogP contribution is -2.22. The zero-order valence-corrected chi connectivity index (χ0v) is 9.94. The highest BCUT2D eigenvalue weighted by Crippen LogP contribution is 2.45. The summed E-state index contributed by atoms with van der Waals surface area (Å²) in [4.78, 5) is 13.8. The van der Waals surface area contributed by atoms with Crippen molar-refractivity contribution in [3.8, 4) is 6.07 Å². The number of nitrogens with one attached hydrogen (secondary N) is 1. The zero-order chi connectivity index (χ0) is 12.8. The Morgan fingerprint density at radius 1 is 1.41 bits per heavy atom. The molecular formula is C10H6BrF3N2O. The first kappa shape index (κ1) is 12.2. The minimum Gasteiger partial charge on any atom is -0.324 e. The van der Waals surface area contributed by atoms with E-state index in [4.69, 9.17) is 5.26 Å². The van der Waals surface area contributed by atoms with Gasteiger partial charge in [0.1, 0.15) is 11.6 Å². The van der Waals surface area contributed by atoms with Crippen LogP contribution in [0.1, 0.15) is 35.6 Å². The number of nitrogens with zero attached hydrogens (tertiary/aromatic N) is 1. The number of aromatic amines is 1. The van der Waals surface area contributed by atoms with Crippen molar-refractivity contribution in [1.82, 2.24) is 4.98 Å². The monoisotopic (exact) mass is 306 g/mol. The Hall–Kier alpha value is -1.29. The number of pyridine rings is 1. The van der Waals surface area contributed by atoms with E-state index in [1.165, 1.54) is 6.07 Å². The van der Waals surface area contributed by atoms with Crippen LogP contribution in [0.4, 0.5) is 13.2 Å². The van der Waals surface area contributed by atoms with Crippen LogP contribution in [0, 0.1) is 11.3 Å². The third kappa shape index (κ3) is 2.09. The maximum atomic E-state index is 12.8. The molecule has 1 aromatic heterocycles. The predicted octanol–water partition coefficient (Wildman–Crippen LogP) is 2.91. The molecule has 1 heterocycles. The molecule has 1 saturated carbocycles. The van der Waals surface area contributed by atoms with Gasteiger partial charge in [0.25, 0.3) is 5.56 Å². The van der Waals surface area contributed by atoms with Gasteiger partial charge in [0.2, 0.25) is 0 Å². The SMILES string of the molecule is N#Cc1c(C(F)(F)F)c(Br)c(C2CC2)[nH]c1=O. The van der Waals surface area contributed by atoms with E-state index in [0.29, 0.717) is 0 Å². The van der Waals surface area contributed by atoms with Gasteiger partial charge in [-0.1, -0.05) is 0 Å². The highest BCUT2D eigenvalue weighted by Gasteiger charge is 2.40. The third-order valence-corrected chi connectivity index (χ3v) is 3.39. The van der Waals surface area contributed by atoms with Crippen LogP contribution >= 0.6 is 15.9 Å². The Labute approximate surface area is 102 Å².